The normalized spacial score (nSPS) is 12.7. The fourth-order valence-corrected chi connectivity index (χ4v) is 2.12. The molecule has 0 amide bonds. The number of hydrogen-bond acceptors (Lipinski definition) is 2. The van der Waals surface area contributed by atoms with Crippen LogP contribution in [0.3, 0.4) is 0 Å². The smallest absolute Gasteiger partial charge is 0.110 e. The molecule has 96 valence electrons. The molecule has 2 N–H and O–H groups in total. The van der Waals surface area contributed by atoms with Crippen molar-refractivity contribution in [3.63, 3.8) is 0 Å². The van der Waals surface area contributed by atoms with E-state index in [0.29, 0.717) is 0 Å². The van der Waals surface area contributed by atoms with Crippen LogP contribution in [-0.2, 0) is 13.0 Å². The Morgan fingerprint density at radius 2 is 2.11 bits per heavy atom. The Morgan fingerprint density at radius 1 is 1.33 bits per heavy atom. The summed E-state index contributed by atoms with van der Waals surface area (Å²) < 4.78 is 2.19. The van der Waals surface area contributed by atoms with Gasteiger partial charge >= 0.3 is 0 Å². The van der Waals surface area contributed by atoms with Gasteiger partial charge in [0.2, 0.25) is 0 Å². The number of hydrogen-bond donors (Lipinski definition) is 1. The first kappa shape index (κ1) is 12.8. The molecule has 0 fully saturated rings. The molecule has 18 heavy (non-hydrogen) atoms. The fourth-order valence-electron chi connectivity index (χ4n) is 2.12. The first-order valence-electron chi connectivity index (χ1n) is 6.38. The maximum Gasteiger partial charge on any atom is 0.110 e. The van der Waals surface area contributed by atoms with Crippen molar-refractivity contribution in [1.82, 2.24) is 9.55 Å². The third-order valence-electron chi connectivity index (χ3n) is 3.15. The lowest BCUT2D eigenvalue weighted by Crippen LogP contribution is -2.20. The average Bonchev–Trinajstić information content (AvgIpc) is 2.70. The number of nitrogens with zero attached hydrogens (tertiary/aromatic N) is 2. The van der Waals surface area contributed by atoms with Crippen molar-refractivity contribution >= 4 is 0 Å². The summed E-state index contributed by atoms with van der Waals surface area (Å²) in [7, 11) is 0. The standard InChI is InChI=1S/C15H21N3/c1-11-4-5-12(2)14(8-11)10-18-7-6-17-15(18)9-13(3)16/h4-8,13H,9-10,16H2,1-3H3. The summed E-state index contributed by atoms with van der Waals surface area (Å²) in [4.78, 5) is 4.39. The van der Waals surface area contributed by atoms with Crippen molar-refractivity contribution < 1.29 is 0 Å². The van der Waals surface area contributed by atoms with Gasteiger partial charge in [-0.1, -0.05) is 23.8 Å². The molecule has 0 saturated carbocycles. The highest BCUT2D eigenvalue weighted by Gasteiger charge is 2.07. The lowest BCUT2D eigenvalue weighted by Gasteiger charge is -2.12. The van der Waals surface area contributed by atoms with E-state index in [1.807, 2.05) is 19.3 Å². The summed E-state index contributed by atoms with van der Waals surface area (Å²) in [6.07, 6.45) is 4.69. The van der Waals surface area contributed by atoms with Crippen LogP contribution in [0.15, 0.2) is 30.6 Å². The summed E-state index contributed by atoms with van der Waals surface area (Å²) in [5, 5.41) is 0. The second-order valence-corrected chi connectivity index (χ2v) is 5.08. The third kappa shape index (κ3) is 2.99. The zero-order chi connectivity index (χ0) is 13.1. The van der Waals surface area contributed by atoms with Gasteiger partial charge in [-0.2, -0.15) is 0 Å². The van der Waals surface area contributed by atoms with Crippen LogP contribution >= 0.6 is 0 Å². The van der Waals surface area contributed by atoms with Gasteiger partial charge < -0.3 is 10.3 Å². The van der Waals surface area contributed by atoms with Gasteiger partial charge in [0, 0.05) is 31.4 Å². The van der Waals surface area contributed by atoms with E-state index >= 15 is 0 Å². The molecule has 1 aromatic heterocycles. The van der Waals surface area contributed by atoms with Gasteiger partial charge in [0.15, 0.2) is 0 Å². The minimum atomic E-state index is 0.143. The van der Waals surface area contributed by atoms with Crippen LogP contribution in [0, 0.1) is 13.8 Å². The van der Waals surface area contributed by atoms with Crippen LogP contribution in [0.2, 0.25) is 0 Å². The van der Waals surface area contributed by atoms with Crippen molar-refractivity contribution in [2.45, 2.75) is 39.8 Å². The van der Waals surface area contributed by atoms with Gasteiger partial charge in [-0.05, 0) is 31.9 Å². The van der Waals surface area contributed by atoms with Crippen LogP contribution in [0.1, 0.15) is 29.4 Å². The molecule has 0 aliphatic carbocycles. The van der Waals surface area contributed by atoms with E-state index in [1.54, 1.807) is 0 Å². The van der Waals surface area contributed by atoms with E-state index in [4.69, 9.17) is 5.73 Å². The highest BCUT2D eigenvalue weighted by Crippen LogP contribution is 2.13. The van der Waals surface area contributed by atoms with Gasteiger partial charge in [-0.3, -0.25) is 0 Å². The summed E-state index contributed by atoms with van der Waals surface area (Å²) in [6, 6.07) is 6.71. The molecule has 1 aromatic carbocycles. The molecule has 0 saturated heterocycles. The van der Waals surface area contributed by atoms with Gasteiger partial charge in [0.05, 0.1) is 0 Å². The molecule has 0 aliphatic rings. The van der Waals surface area contributed by atoms with Crippen molar-refractivity contribution in [2.75, 3.05) is 0 Å². The van der Waals surface area contributed by atoms with Gasteiger partial charge in [0.1, 0.15) is 5.82 Å². The SMILES string of the molecule is Cc1ccc(C)c(Cn2ccnc2CC(C)N)c1. The minimum absolute atomic E-state index is 0.143. The molecule has 0 spiro atoms. The number of aromatic nitrogens is 2. The van der Waals surface area contributed by atoms with E-state index in [0.717, 1.165) is 18.8 Å². The summed E-state index contributed by atoms with van der Waals surface area (Å²) in [5.41, 5.74) is 9.81. The molecule has 0 radical (unpaired) electrons. The second-order valence-electron chi connectivity index (χ2n) is 5.08. The van der Waals surface area contributed by atoms with Crippen LogP contribution in [0.4, 0.5) is 0 Å². The van der Waals surface area contributed by atoms with Crippen molar-refractivity contribution in [3.05, 3.63) is 53.1 Å². The van der Waals surface area contributed by atoms with Crippen LogP contribution in [0.5, 0.6) is 0 Å². The Balaban J connectivity index is 2.23. The number of nitrogens with two attached hydrogens (primary N) is 1. The molecule has 3 heteroatoms. The first-order chi connectivity index (χ1) is 8.56. The fraction of sp³-hybridized carbons (Fsp3) is 0.400. The number of rotatable bonds is 4. The molecular weight excluding hydrogens is 222 g/mol. The molecule has 1 atom stereocenters. The molecular formula is C15H21N3. The van der Waals surface area contributed by atoms with Crippen LogP contribution in [-0.4, -0.2) is 15.6 Å². The Labute approximate surface area is 109 Å². The molecule has 0 aliphatic heterocycles. The zero-order valence-electron chi connectivity index (χ0n) is 11.4. The third-order valence-corrected chi connectivity index (χ3v) is 3.15. The van der Waals surface area contributed by atoms with Gasteiger partial charge in [-0.25, -0.2) is 4.98 Å². The molecule has 2 aromatic rings. The first-order valence-corrected chi connectivity index (χ1v) is 6.38. The Kier molecular flexibility index (Phi) is 3.82. The summed E-state index contributed by atoms with van der Waals surface area (Å²) in [5.74, 6) is 1.06. The average molecular weight is 243 g/mol. The quantitative estimate of drug-likeness (QED) is 0.896. The zero-order valence-corrected chi connectivity index (χ0v) is 11.4. The van der Waals surface area contributed by atoms with Crippen molar-refractivity contribution in [2.24, 2.45) is 5.73 Å². The Morgan fingerprint density at radius 3 is 2.83 bits per heavy atom. The van der Waals surface area contributed by atoms with Gasteiger partial charge in [-0.15, -0.1) is 0 Å². The minimum Gasteiger partial charge on any atom is -0.330 e. The van der Waals surface area contributed by atoms with E-state index < -0.39 is 0 Å². The van der Waals surface area contributed by atoms with Gasteiger partial charge in [0.25, 0.3) is 0 Å². The molecule has 3 nitrogen and oxygen atoms in total. The van der Waals surface area contributed by atoms with E-state index in [9.17, 15) is 0 Å². The lowest BCUT2D eigenvalue weighted by atomic mass is 10.1. The number of imidazole rings is 1. The topological polar surface area (TPSA) is 43.8 Å². The van der Waals surface area contributed by atoms with Crippen molar-refractivity contribution in [3.8, 4) is 0 Å². The number of benzene rings is 1. The predicted octanol–water partition coefficient (Wildman–Crippen LogP) is 2.44. The molecule has 1 unspecified atom stereocenters. The maximum atomic E-state index is 5.85. The highest BCUT2D eigenvalue weighted by atomic mass is 15.1. The van der Waals surface area contributed by atoms with Crippen LogP contribution < -0.4 is 5.73 Å². The monoisotopic (exact) mass is 243 g/mol. The summed E-state index contributed by atoms with van der Waals surface area (Å²) >= 11 is 0. The van der Waals surface area contributed by atoms with E-state index in [-0.39, 0.29) is 6.04 Å². The maximum absolute atomic E-state index is 5.85. The van der Waals surface area contributed by atoms with Crippen molar-refractivity contribution in [1.29, 1.82) is 0 Å². The molecule has 0 bridgehead atoms. The summed E-state index contributed by atoms with van der Waals surface area (Å²) in [6.45, 7) is 7.16. The largest absolute Gasteiger partial charge is 0.330 e. The second kappa shape index (κ2) is 5.36. The number of aryl methyl sites for hydroxylation is 2. The highest BCUT2D eigenvalue weighted by molar-refractivity contribution is 5.30. The van der Waals surface area contributed by atoms with Crippen LogP contribution in [0.25, 0.3) is 0 Å². The Bertz CT molecular complexity index is 526. The molecule has 2 rings (SSSR count). The molecule has 1 heterocycles. The predicted molar refractivity (Wildman–Crippen MR) is 74.6 cm³/mol. The lowest BCUT2D eigenvalue weighted by molar-refractivity contribution is 0.647. The Hall–Kier alpha value is -1.61. The van der Waals surface area contributed by atoms with E-state index in [1.165, 1.54) is 16.7 Å². The van der Waals surface area contributed by atoms with E-state index in [2.05, 4.69) is 41.6 Å².